The Morgan fingerprint density at radius 1 is 0.950 bits per heavy atom. The Morgan fingerprint density at radius 2 is 1.45 bits per heavy atom. The Hall–Kier alpha value is -1.97. The van der Waals surface area contributed by atoms with E-state index >= 15 is 0 Å². The molecule has 1 rings (SSSR count). The van der Waals surface area contributed by atoms with Crippen LogP contribution in [0.5, 0.6) is 0 Å². The maximum atomic E-state index is 12.2. The van der Waals surface area contributed by atoms with E-state index in [2.05, 4.69) is 0 Å². The van der Waals surface area contributed by atoms with Gasteiger partial charge in [0.05, 0.1) is 6.42 Å². The summed E-state index contributed by atoms with van der Waals surface area (Å²) in [7, 11) is 0. The Kier molecular flexibility index (Phi) is 5.19. The molecular formula is C16H20O4. The van der Waals surface area contributed by atoms with Gasteiger partial charge in [0.25, 0.3) is 0 Å². The van der Waals surface area contributed by atoms with Crippen LogP contribution in [0.2, 0.25) is 0 Å². The molecular weight excluding hydrogens is 256 g/mol. The molecule has 0 aliphatic carbocycles. The molecule has 1 aromatic rings. The number of hydrogen-bond acceptors (Lipinski definition) is 3. The van der Waals surface area contributed by atoms with Crippen LogP contribution in [-0.4, -0.2) is 22.6 Å². The zero-order valence-electron chi connectivity index (χ0n) is 12.3. The molecule has 0 aliphatic heterocycles. The van der Waals surface area contributed by atoms with Crippen LogP contribution in [0.15, 0.2) is 18.2 Å². The molecule has 0 radical (unpaired) electrons. The van der Waals surface area contributed by atoms with Gasteiger partial charge < -0.3 is 5.11 Å². The van der Waals surface area contributed by atoms with Gasteiger partial charge in [-0.2, -0.15) is 0 Å². The molecule has 4 heteroatoms. The van der Waals surface area contributed by atoms with Crippen LogP contribution < -0.4 is 0 Å². The van der Waals surface area contributed by atoms with E-state index in [1.807, 2.05) is 0 Å². The minimum Gasteiger partial charge on any atom is -0.481 e. The van der Waals surface area contributed by atoms with E-state index in [9.17, 15) is 14.4 Å². The van der Waals surface area contributed by atoms with Gasteiger partial charge in [-0.15, -0.1) is 0 Å². The predicted molar refractivity (Wildman–Crippen MR) is 76.1 cm³/mol. The average molecular weight is 276 g/mol. The lowest BCUT2D eigenvalue weighted by atomic mass is 9.89. The van der Waals surface area contributed by atoms with Gasteiger partial charge in [0.15, 0.2) is 11.6 Å². The third-order valence-electron chi connectivity index (χ3n) is 3.02. The first-order valence-corrected chi connectivity index (χ1v) is 6.67. The highest BCUT2D eigenvalue weighted by Gasteiger charge is 2.21. The van der Waals surface area contributed by atoms with Gasteiger partial charge >= 0.3 is 5.97 Å². The van der Waals surface area contributed by atoms with Crippen LogP contribution in [0.25, 0.3) is 0 Å². The summed E-state index contributed by atoms with van der Waals surface area (Å²) < 4.78 is 0. The number of carbonyl (C=O) groups excluding carboxylic acids is 2. The van der Waals surface area contributed by atoms with Gasteiger partial charge in [-0.3, -0.25) is 14.4 Å². The molecule has 1 aromatic carbocycles. The standard InChI is InChI=1S/C16H20O4/c1-9(2)15(19)12-6-5-11(8-14(17)18)7-13(12)16(20)10(3)4/h5-7,9-10H,8H2,1-4H3,(H,17,18). The van der Waals surface area contributed by atoms with E-state index in [1.54, 1.807) is 39.8 Å². The minimum atomic E-state index is -0.962. The Morgan fingerprint density at radius 3 is 1.90 bits per heavy atom. The number of aliphatic carboxylic acids is 1. The lowest BCUT2D eigenvalue weighted by Gasteiger charge is -2.13. The molecule has 0 spiro atoms. The summed E-state index contributed by atoms with van der Waals surface area (Å²) in [4.78, 5) is 35.1. The highest BCUT2D eigenvalue weighted by atomic mass is 16.4. The van der Waals surface area contributed by atoms with Crippen molar-refractivity contribution in [3.8, 4) is 0 Å². The maximum absolute atomic E-state index is 12.2. The van der Waals surface area contributed by atoms with E-state index in [1.165, 1.54) is 6.07 Å². The van der Waals surface area contributed by atoms with Crippen molar-refractivity contribution in [2.45, 2.75) is 34.1 Å². The van der Waals surface area contributed by atoms with Gasteiger partial charge in [-0.25, -0.2) is 0 Å². The first kappa shape index (κ1) is 16.1. The van der Waals surface area contributed by atoms with E-state index in [-0.39, 0.29) is 29.8 Å². The second-order valence-corrected chi connectivity index (χ2v) is 5.49. The second-order valence-electron chi connectivity index (χ2n) is 5.49. The van der Waals surface area contributed by atoms with E-state index in [0.717, 1.165) is 0 Å². The number of rotatable bonds is 6. The molecule has 1 N–H and O–H groups in total. The van der Waals surface area contributed by atoms with Gasteiger partial charge in [-0.1, -0.05) is 39.8 Å². The molecule has 0 unspecified atom stereocenters. The van der Waals surface area contributed by atoms with Crippen molar-refractivity contribution in [3.05, 3.63) is 34.9 Å². The summed E-state index contributed by atoms with van der Waals surface area (Å²) in [6.07, 6.45) is -0.158. The molecule has 108 valence electrons. The fraction of sp³-hybridized carbons (Fsp3) is 0.438. The van der Waals surface area contributed by atoms with Crippen LogP contribution in [0.1, 0.15) is 54.0 Å². The maximum Gasteiger partial charge on any atom is 0.307 e. The lowest BCUT2D eigenvalue weighted by molar-refractivity contribution is -0.136. The molecule has 20 heavy (non-hydrogen) atoms. The normalized spacial score (nSPS) is 10.9. The van der Waals surface area contributed by atoms with Crippen molar-refractivity contribution in [2.24, 2.45) is 11.8 Å². The molecule has 0 amide bonds. The fourth-order valence-electron chi connectivity index (χ4n) is 1.92. The number of benzene rings is 1. The van der Waals surface area contributed by atoms with Gasteiger partial charge in [-0.05, 0) is 11.6 Å². The fourth-order valence-corrected chi connectivity index (χ4v) is 1.92. The van der Waals surface area contributed by atoms with Crippen molar-refractivity contribution >= 4 is 17.5 Å². The van der Waals surface area contributed by atoms with Crippen molar-refractivity contribution < 1.29 is 19.5 Å². The van der Waals surface area contributed by atoms with E-state index < -0.39 is 5.97 Å². The molecule has 4 nitrogen and oxygen atoms in total. The summed E-state index contributed by atoms with van der Waals surface area (Å²) in [5.74, 6) is -1.65. The van der Waals surface area contributed by atoms with Crippen LogP contribution >= 0.6 is 0 Å². The monoisotopic (exact) mass is 276 g/mol. The van der Waals surface area contributed by atoms with Gasteiger partial charge in [0.1, 0.15) is 0 Å². The number of hydrogen-bond donors (Lipinski definition) is 1. The molecule has 0 aliphatic rings. The zero-order chi connectivity index (χ0) is 15.4. The molecule has 0 saturated heterocycles. The summed E-state index contributed by atoms with van der Waals surface area (Å²) in [5, 5.41) is 8.82. The van der Waals surface area contributed by atoms with Crippen LogP contribution in [0.4, 0.5) is 0 Å². The Balaban J connectivity index is 3.34. The second kappa shape index (κ2) is 6.46. The molecule has 0 fully saturated rings. The third kappa shape index (κ3) is 3.76. The quantitative estimate of drug-likeness (QED) is 0.811. The molecule has 0 atom stereocenters. The Bertz CT molecular complexity index is 541. The van der Waals surface area contributed by atoms with Crippen LogP contribution in [-0.2, 0) is 11.2 Å². The SMILES string of the molecule is CC(C)C(=O)c1ccc(CC(=O)O)cc1C(=O)C(C)C. The lowest BCUT2D eigenvalue weighted by Crippen LogP contribution is -2.17. The van der Waals surface area contributed by atoms with Crippen molar-refractivity contribution in [2.75, 3.05) is 0 Å². The zero-order valence-corrected chi connectivity index (χ0v) is 12.3. The first-order valence-electron chi connectivity index (χ1n) is 6.67. The molecule has 0 saturated carbocycles. The van der Waals surface area contributed by atoms with Gasteiger partial charge in [0.2, 0.25) is 0 Å². The summed E-state index contributed by atoms with van der Waals surface area (Å²) in [5.41, 5.74) is 1.24. The van der Waals surface area contributed by atoms with Gasteiger partial charge in [0, 0.05) is 23.0 Å². The summed E-state index contributed by atoms with van der Waals surface area (Å²) in [6, 6.07) is 4.70. The summed E-state index contributed by atoms with van der Waals surface area (Å²) in [6.45, 7) is 7.07. The smallest absolute Gasteiger partial charge is 0.307 e. The minimum absolute atomic E-state index is 0.101. The Labute approximate surface area is 118 Å². The number of carboxylic acids is 1. The van der Waals surface area contributed by atoms with Crippen molar-refractivity contribution in [1.29, 1.82) is 0 Å². The molecule has 0 bridgehead atoms. The van der Waals surface area contributed by atoms with Crippen molar-refractivity contribution in [1.82, 2.24) is 0 Å². The van der Waals surface area contributed by atoms with Crippen LogP contribution in [0.3, 0.4) is 0 Å². The van der Waals surface area contributed by atoms with E-state index in [0.29, 0.717) is 16.7 Å². The van der Waals surface area contributed by atoms with E-state index in [4.69, 9.17) is 5.11 Å². The van der Waals surface area contributed by atoms with Crippen molar-refractivity contribution in [3.63, 3.8) is 0 Å². The molecule has 0 aromatic heterocycles. The number of carboxylic acid groups (broad SMARTS) is 1. The first-order chi connectivity index (χ1) is 9.23. The summed E-state index contributed by atoms with van der Waals surface area (Å²) >= 11 is 0. The number of ketones is 2. The average Bonchev–Trinajstić information content (AvgIpc) is 2.35. The largest absolute Gasteiger partial charge is 0.481 e. The molecule has 0 heterocycles. The number of carbonyl (C=O) groups is 3. The third-order valence-corrected chi connectivity index (χ3v) is 3.02. The highest BCUT2D eigenvalue weighted by Crippen LogP contribution is 2.20. The predicted octanol–water partition coefficient (Wildman–Crippen LogP) is 2.99. The highest BCUT2D eigenvalue weighted by molar-refractivity contribution is 6.10. The topological polar surface area (TPSA) is 71.4 Å². The number of Topliss-reactive ketones (excluding diaryl/α,β-unsaturated/α-hetero) is 2. The van der Waals surface area contributed by atoms with Crippen LogP contribution in [0, 0.1) is 11.8 Å².